The van der Waals surface area contributed by atoms with Crippen molar-refractivity contribution in [1.29, 1.82) is 0 Å². The van der Waals surface area contributed by atoms with Gasteiger partial charge in [0.2, 0.25) is 0 Å². The highest BCUT2D eigenvalue weighted by Crippen LogP contribution is 2.02. The summed E-state index contributed by atoms with van der Waals surface area (Å²) >= 11 is 5.27. The predicted octanol–water partition coefficient (Wildman–Crippen LogP) is 3.60. The second kappa shape index (κ2) is 10.2. The Bertz CT molecular complexity index is 154. The lowest BCUT2D eigenvalue weighted by atomic mass is 10.3. The maximum atomic E-state index is 5.50. The van der Waals surface area contributed by atoms with Crippen molar-refractivity contribution >= 4 is 17.4 Å². The van der Waals surface area contributed by atoms with Crippen molar-refractivity contribution in [3.8, 4) is 0 Å². The first kappa shape index (κ1) is 14.7. The molecule has 0 amide bonds. The Morgan fingerprint density at radius 2 is 1.53 bits per heavy atom. The number of ether oxygens (including phenoxy) is 1. The highest BCUT2D eigenvalue weighted by atomic mass is 32.1. The number of nitrogens with zero attached hydrogens (tertiary/aromatic N) is 1. The average molecular weight is 231 g/mol. The molecule has 0 heterocycles. The molecule has 0 aromatic rings. The quantitative estimate of drug-likeness (QED) is 0.592. The van der Waals surface area contributed by atoms with Crippen molar-refractivity contribution in [3.05, 3.63) is 0 Å². The molecule has 0 aliphatic carbocycles. The van der Waals surface area contributed by atoms with Crippen LogP contribution in [0.15, 0.2) is 0 Å². The van der Waals surface area contributed by atoms with Gasteiger partial charge in [-0.25, -0.2) is 0 Å². The molecule has 15 heavy (non-hydrogen) atoms. The average Bonchev–Trinajstić information content (AvgIpc) is 2.26. The molecule has 0 spiro atoms. The molecule has 0 atom stereocenters. The van der Waals surface area contributed by atoms with Crippen LogP contribution in [-0.4, -0.2) is 29.8 Å². The highest BCUT2D eigenvalue weighted by molar-refractivity contribution is 7.80. The maximum Gasteiger partial charge on any atom is 0.259 e. The molecule has 0 radical (unpaired) electrons. The van der Waals surface area contributed by atoms with Crippen LogP contribution in [0.1, 0.15) is 52.9 Å². The molecule has 90 valence electrons. The van der Waals surface area contributed by atoms with Crippen molar-refractivity contribution in [1.82, 2.24) is 4.90 Å². The molecule has 0 fully saturated rings. The molecule has 0 unspecified atom stereocenters. The smallest absolute Gasteiger partial charge is 0.259 e. The molecular formula is C12H25NOS. The zero-order valence-corrected chi connectivity index (χ0v) is 11.2. The lowest BCUT2D eigenvalue weighted by Gasteiger charge is -2.24. The first-order valence-corrected chi connectivity index (χ1v) is 6.58. The molecule has 3 heteroatoms. The number of thiocarbonyl (C=S) groups is 1. The Morgan fingerprint density at radius 1 is 1.00 bits per heavy atom. The lowest BCUT2D eigenvalue weighted by Crippen LogP contribution is -2.33. The molecule has 0 aliphatic rings. The van der Waals surface area contributed by atoms with Gasteiger partial charge in [0.15, 0.2) is 0 Å². The second-order valence-electron chi connectivity index (χ2n) is 3.81. The molecule has 0 aromatic heterocycles. The van der Waals surface area contributed by atoms with E-state index in [2.05, 4.69) is 25.7 Å². The van der Waals surface area contributed by atoms with E-state index in [1.54, 1.807) is 0 Å². The number of rotatable bonds is 8. The SMILES string of the molecule is CCCCN(CCCC)C(=S)OCCC. The molecule has 0 bridgehead atoms. The summed E-state index contributed by atoms with van der Waals surface area (Å²) in [6.07, 6.45) is 5.83. The van der Waals surface area contributed by atoms with Gasteiger partial charge >= 0.3 is 0 Å². The van der Waals surface area contributed by atoms with E-state index in [-0.39, 0.29) is 0 Å². The first-order chi connectivity index (χ1) is 7.26. The minimum atomic E-state index is 0.693. The number of unbranched alkanes of at least 4 members (excludes halogenated alkanes) is 2. The molecule has 0 saturated carbocycles. The molecule has 0 saturated heterocycles. The van der Waals surface area contributed by atoms with Crippen LogP contribution in [0.2, 0.25) is 0 Å². The van der Waals surface area contributed by atoms with E-state index in [4.69, 9.17) is 17.0 Å². The topological polar surface area (TPSA) is 12.5 Å². The summed E-state index contributed by atoms with van der Waals surface area (Å²) in [5.74, 6) is 0. The summed E-state index contributed by atoms with van der Waals surface area (Å²) in [6.45, 7) is 9.33. The van der Waals surface area contributed by atoms with E-state index in [9.17, 15) is 0 Å². The van der Waals surface area contributed by atoms with Gasteiger partial charge in [0, 0.05) is 13.1 Å². The first-order valence-electron chi connectivity index (χ1n) is 6.17. The van der Waals surface area contributed by atoms with Gasteiger partial charge in [0.25, 0.3) is 5.17 Å². The van der Waals surface area contributed by atoms with Crippen molar-refractivity contribution in [2.24, 2.45) is 0 Å². The fourth-order valence-electron chi connectivity index (χ4n) is 1.27. The molecule has 0 aromatic carbocycles. The Morgan fingerprint density at radius 3 is 1.93 bits per heavy atom. The summed E-state index contributed by atoms with van der Waals surface area (Å²) in [4.78, 5) is 2.21. The molecule has 2 nitrogen and oxygen atoms in total. The third kappa shape index (κ3) is 7.60. The fraction of sp³-hybridized carbons (Fsp3) is 0.917. The van der Waals surface area contributed by atoms with Gasteiger partial charge in [0.05, 0.1) is 6.61 Å². The van der Waals surface area contributed by atoms with Gasteiger partial charge in [-0.15, -0.1) is 0 Å². The van der Waals surface area contributed by atoms with E-state index >= 15 is 0 Å². The van der Waals surface area contributed by atoms with Gasteiger partial charge in [0.1, 0.15) is 0 Å². The van der Waals surface area contributed by atoms with E-state index in [0.717, 1.165) is 26.1 Å². The number of hydrogen-bond acceptors (Lipinski definition) is 2. The summed E-state index contributed by atoms with van der Waals surface area (Å²) < 4.78 is 5.50. The van der Waals surface area contributed by atoms with Crippen LogP contribution in [0.25, 0.3) is 0 Å². The van der Waals surface area contributed by atoms with Crippen molar-refractivity contribution in [2.75, 3.05) is 19.7 Å². The molecular weight excluding hydrogens is 206 g/mol. The third-order valence-electron chi connectivity index (χ3n) is 2.25. The van der Waals surface area contributed by atoms with Crippen LogP contribution in [0.5, 0.6) is 0 Å². The monoisotopic (exact) mass is 231 g/mol. The minimum absolute atomic E-state index is 0.693. The van der Waals surface area contributed by atoms with Gasteiger partial charge in [-0.1, -0.05) is 33.6 Å². The standard InChI is InChI=1S/C12H25NOS/c1-4-7-9-13(10-8-5-2)12(15)14-11-6-3/h4-11H2,1-3H3. The lowest BCUT2D eigenvalue weighted by molar-refractivity contribution is 0.238. The Kier molecular flexibility index (Phi) is 10.0. The Labute approximate surface area is 100.0 Å². The zero-order chi connectivity index (χ0) is 11.5. The summed E-state index contributed by atoms with van der Waals surface area (Å²) in [6, 6.07) is 0. The van der Waals surface area contributed by atoms with Crippen LogP contribution in [0.3, 0.4) is 0 Å². The largest absolute Gasteiger partial charge is 0.471 e. The Balaban J connectivity index is 3.90. The zero-order valence-electron chi connectivity index (χ0n) is 10.4. The fourth-order valence-corrected chi connectivity index (χ4v) is 1.54. The second-order valence-corrected chi connectivity index (χ2v) is 4.16. The van der Waals surface area contributed by atoms with E-state index in [1.165, 1.54) is 25.7 Å². The molecule has 0 N–H and O–H groups in total. The summed E-state index contributed by atoms with van der Waals surface area (Å²) in [7, 11) is 0. The normalized spacial score (nSPS) is 10.1. The van der Waals surface area contributed by atoms with Crippen molar-refractivity contribution in [3.63, 3.8) is 0 Å². The van der Waals surface area contributed by atoms with Gasteiger partial charge < -0.3 is 9.64 Å². The van der Waals surface area contributed by atoms with Crippen LogP contribution in [0.4, 0.5) is 0 Å². The van der Waals surface area contributed by atoms with Crippen LogP contribution >= 0.6 is 12.2 Å². The third-order valence-corrected chi connectivity index (χ3v) is 2.63. The predicted molar refractivity (Wildman–Crippen MR) is 70.2 cm³/mol. The van der Waals surface area contributed by atoms with Gasteiger partial charge in [-0.05, 0) is 31.5 Å². The summed E-state index contributed by atoms with van der Waals surface area (Å²) in [5, 5.41) is 0.693. The van der Waals surface area contributed by atoms with Gasteiger partial charge in [-0.3, -0.25) is 0 Å². The molecule has 0 rings (SSSR count). The van der Waals surface area contributed by atoms with Crippen LogP contribution < -0.4 is 0 Å². The van der Waals surface area contributed by atoms with Crippen LogP contribution in [0, 0.1) is 0 Å². The highest BCUT2D eigenvalue weighted by Gasteiger charge is 2.08. The van der Waals surface area contributed by atoms with E-state index in [1.807, 2.05) is 0 Å². The van der Waals surface area contributed by atoms with Crippen molar-refractivity contribution in [2.45, 2.75) is 52.9 Å². The van der Waals surface area contributed by atoms with Crippen molar-refractivity contribution < 1.29 is 4.74 Å². The van der Waals surface area contributed by atoms with E-state index < -0.39 is 0 Å². The number of hydrogen-bond donors (Lipinski definition) is 0. The Hall–Kier alpha value is -0.310. The molecule has 0 aliphatic heterocycles. The van der Waals surface area contributed by atoms with Crippen LogP contribution in [-0.2, 0) is 4.74 Å². The van der Waals surface area contributed by atoms with E-state index in [0.29, 0.717) is 5.17 Å². The maximum absolute atomic E-state index is 5.50. The van der Waals surface area contributed by atoms with Gasteiger partial charge in [-0.2, -0.15) is 0 Å². The summed E-state index contributed by atoms with van der Waals surface area (Å²) in [5.41, 5.74) is 0. The minimum Gasteiger partial charge on any atom is -0.471 e.